The van der Waals surface area contributed by atoms with Gasteiger partial charge in [0.1, 0.15) is 0 Å². The number of nitrogens with one attached hydrogen (secondary N) is 1. The van der Waals surface area contributed by atoms with Gasteiger partial charge in [-0.2, -0.15) is 0 Å². The third-order valence-electron chi connectivity index (χ3n) is 3.85. The van der Waals surface area contributed by atoms with Crippen LogP contribution in [0.25, 0.3) is 0 Å². The van der Waals surface area contributed by atoms with E-state index in [0.717, 1.165) is 24.8 Å². The SMILES string of the molecule is CNC(CCN(CC1CC1)CC1CC1)C(N)=O. The zero-order valence-electron chi connectivity index (χ0n) is 10.8. The van der Waals surface area contributed by atoms with E-state index < -0.39 is 0 Å². The lowest BCUT2D eigenvalue weighted by Gasteiger charge is -2.24. The van der Waals surface area contributed by atoms with Gasteiger partial charge in [0.25, 0.3) is 0 Å². The Balaban J connectivity index is 1.72. The second-order valence-electron chi connectivity index (χ2n) is 5.68. The molecule has 1 atom stereocenters. The minimum absolute atomic E-state index is 0.170. The fourth-order valence-electron chi connectivity index (χ4n) is 2.33. The molecule has 4 heteroatoms. The van der Waals surface area contributed by atoms with E-state index in [9.17, 15) is 4.79 Å². The minimum atomic E-state index is -0.231. The molecule has 1 amide bonds. The van der Waals surface area contributed by atoms with Gasteiger partial charge < -0.3 is 16.0 Å². The van der Waals surface area contributed by atoms with E-state index in [1.165, 1.54) is 38.8 Å². The molecule has 0 saturated heterocycles. The molecule has 0 radical (unpaired) electrons. The number of likely N-dealkylation sites (N-methyl/N-ethyl adjacent to an activating group) is 1. The van der Waals surface area contributed by atoms with E-state index in [1.807, 2.05) is 7.05 Å². The van der Waals surface area contributed by atoms with Crippen LogP contribution in [0.3, 0.4) is 0 Å². The van der Waals surface area contributed by atoms with Crippen molar-refractivity contribution in [3.8, 4) is 0 Å². The number of rotatable bonds is 9. The van der Waals surface area contributed by atoms with Crippen LogP contribution in [-0.2, 0) is 4.79 Å². The number of carbonyl (C=O) groups is 1. The highest BCUT2D eigenvalue weighted by Gasteiger charge is 2.29. The number of hydrogen-bond acceptors (Lipinski definition) is 3. The Morgan fingerprint density at radius 1 is 1.29 bits per heavy atom. The summed E-state index contributed by atoms with van der Waals surface area (Å²) < 4.78 is 0. The maximum atomic E-state index is 11.2. The molecule has 1 unspecified atom stereocenters. The zero-order chi connectivity index (χ0) is 12.3. The van der Waals surface area contributed by atoms with Crippen LogP contribution in [0.15, 0.2) is 0 Å². The molecule has 0 aromatic carbocycles. The van der Waals surface area contributed by atoms with Crippen LogP contribution in [0.2, 0.25) is 0 Å². The first-order valence-electron chi connectivity index (χ1n) is 6.88. The molecule has 2 aliphatic carbocycles. The molecule has 2 rings (SSSR count). The first-order chi connectivity index (χ1) is 8.19. The van der Waals surface area contributed by atoms with Gasteiger partial charge in [-0.05, 0) is 51.0 Å². The summed E-state index contributed by atoms with van der Waals surface area (Å²) in [6.45, 7) is 3.46. The van der Waals surface area contributed by atoms with Gasteiger partial charge in [0.2, 0.25) is 5.91 Å². The van der Waals surface area contributed by atoms with Gasteiger partial charge >= 0.3 is 0 Å². The van der Waals surface area contributed by atoms with Crippen LogP contribution in [0.1, 0.15) is 32.1 Å². The van der Waals surface area contributed by atoms with Crippen molar-refractivity contribution in [3.05, 3.63) is 0 Å². The molecule has 2 saturated carbocycles. The Kier molecular flexibility index (Phi) is 4.40. The summed E-state index contributed by atoms with van der Waals surface area (Å²) in [6.07, 6.45) is 6.42. The zero-order valence-corrected chi connectivity index (χ0v) is 10.8. The molecular formula is C13H25N3O. The average molecular weight is 239 g/mol. The molecule has 0 aromatic heterocycles. The second kappa shape index (κ2) is 5.83. The number of hydrogen-bond donors (Lipinski definition) is 2. The van der Waals surface area contributed by atoms with Crippen LogP contribution in [0, 0.1) is 11.8 Å². The molecule has 0 bridgehead atoms. The average Bonchev–Trinajstić information content (AvgIpc) is 3.13. The molecule has 2 aliphatic rings. The molecule has 2 fully saturated rings. The highest BCUT2D eigenvalue weighted by atomic mass is 16.1. The van der Waals surface area contributed by atoms with Crippen molar-refractivity contribution in [1.82, 2.24) is 10.2 Å². The van der Waals surface area contributed by atoms with Crippen molar-refractivity contribution in [2.24, 2.45) is 17.6 Å². The van der Waals surface area contributed by atoms with Gasteiger partial charge in [-0.3, -0.25) is 4.79 Å². The lowest BCUT2D eigenvalue weighted by Crippen LogP contribution is -2.42. The number of primary amides is 1. The summed E-state index contributed by atoms with van der Waals surface area (Å²) >= 11 is 0. The standard InChI is InChI=1S/C13H25N3O/c1-15-12(13(14)17)6-7-16(8-10-2-3-10)9-11-4-5-11/h10-12,15H,2-9H2,1H3,(H2,14,17). The summed E-state index contributed by atoms with van der Waals surface area (Å²) in [6, 6.07) is -0.170. The van der Waals surface area contributed by atoms with E-state index in [4.69, 9.17) is 5.73 Å². The molecule has 4 nitrogen and oxygen atoms in total. The number of nitrogens with two attached hydrogens (primary N) is 1. The van der Waals surface area contributed by atoms with Gasteiger partial charge in [-0.1, -0.05) is 0 Å². The van der Waals surface area contributed by atoms with E-state index in [-0.39, 0.29) is 11.9 Å². The number of amides is 1. The molecule has 0 spiro atoms. The second-order valence-corrected chi connectivity index (χ2v) is 5.68. The topological polar surface area (TPSA) is 58.4 Å². The quantitative estimate of drug-likeness (QED) is 0.618. The van der Waals surface area contributed by atoms with Crippen molar-refractivity contribution < 1.29 is 4.79 Å². The van der Waals surface area contributed by atoms with Crippen molar-refractivity contribution in [3.63, 3.8) is 0 Å². The Labute approximate surface area is 104 Å². The van der Waals surface area contributed by atoms with Crippen LogP contribution < -0.4 is 11.1 Å². The normalized spacial score (nSPS) is 21.8. The highest BCUT2D eigenvalue weighted by Crippen LogP contribution is 2.33. The smallest absolute Gasteiger partial charge is 0.234 e. The summed E-state index contributed by atoms with van der Waals surface area (Å²) in [5, 5.41) is 2.99. The van der Waals surface area contributed by atoms with Gasteiger partial charge in [0.15, 0.2) is 0 Å². The van der Waals surface area contributed by atoms with E-state index in [0.29, 0.717) is 0 Å². The number of nitrogens with zero attached hydrogens (tertiary/aromatic N) is 1. The van der Waals surface area contributed by atoms with E-state index in [2.05, 4.69) is 10.2 Å². The van der Waals surface area contributed by atoms with Crippen molar-refractivity contribution in [2.75, 3.05) is 26.7 Å². The Bertz CT molecular complexity index is 247. The third-order valence-corrected chi connectivity index (χ3v) is 3.85. The molecule has 0 aromatic rings. The fourth-order valence-corrected chi connectivity index (χ4v) is 2.33. The largest absolute Gasteiger partial charge is 0.368 e. The van der Waals surface area contributed by atoms with Crippen molar-refractivity contribution in [1.29, 1.82) is 0 Å². The minimum Gasteiger partial charge on any atom is -0.368 e. The predicted octanol–water partition coefficient (Wildman–Crippen LogP) is 0.572. The summed E-state index contributed by atoms with van der Waals surface area (Å²) in [4.78, 5) is 13.7. The lowest BCUT2D eigenvalue weighted by molar-refractivity contribution is -0.120. The van der Waals surface area contributed by atoms with Gasteiger partial charge in [-0.25, -0.2) is 0 Å². The molecule has 98 valence electrons. The monoisotopic (exact) mass is 239 g/mol. The predicted molar refractivity (Wildman–Crippen MR) is 68.5 cm³/mol. The van der Waals surface area contributed by atoms with Crippen LogP contribution >= 0.6 is 0 Å². The third kappa shape index (κ3) is 4.64. The van der Waals surface area contributed by atoms with Gasteiger partial charge in [-0.15, -0.1) is 0 Å². The summed E-state index contributed by atoms with van der Waals surface area (Å²) in [5.74, 6) is 1.62. The number of carbonyl (C=O) groups excluding carboxylic acids is 1. The maximum Gasteiger partial charge on any atom is 0.234 e. The van der Waals surface area contributed by atoms with E-state index >= 15 is 0 Å². The van der Waals surface area contributed by atoms with Gasteiger partial charge in [0.05, 0.1) is 6.04 Å². The maximum absolute atomic E-state index is 11.2. The Hall–Kier alpha value is -0.610. The van der Waals surface area contributed by atoms with Crippen molar-refractivity contribution >= 4 is 5.91 Å². The van der Waals surface area contributed by atoms with Crippen LogP contribution in [0.4, 0.5) is 0 Å². The summed E-state index contributed by atoms with van der Waals surface area (Å²) in [5.41, 5.74) is 5.34. The van der Waals surface area contributed by atoms with Crippen molar-refractivity contribution in [2.45, 2.75) is 38.1 Å². The molecule has 0 heterocycles. The van der Waals surface area contributed by atoms with Crippen LogP contribution in [0.5, 0.6) is 0 Å². The molecule has 0 aliphatic heterocycles. The first-order valence-corrected chi connectivity index (χ1v) is 6.88. The van der Waals surface area contributed by atoms with E-state index in [1.54, 1.807) is 0 Å². The summed E-state index contributed by atoms with van der Waals surface area (Å²) in [7, 11) is 1.81. The first kappa shape index (κ1) is 12.8. The lowest BCUT2D eigenvalue weighted by atomic mass is 10.1. The highest BCUT2D eigenvalue weighted by molar-refractivity contribution is 5.79. The molecule has 3 N–H and O–H groups in total. The molecular weight excluding hydrogens is 214 g/mol. The fraction of sp³-hybridized carbons (Fsp3) is 0.923. The Morgan fingerprint density at radius 3 is 2.18 bits per heavy atom. The van der Waals surface area contributed by atoms with Gasteiger partial charge in [0, 0.05) is 19.6 Å². The van der Waals surface area contributed by atoms with Crippen LogP contribution in [-0.4, -0.2) is 43.5 Å². The molecule has 17 heavy (non-hydrogen) atoms. The Morgan fingerprint density at radius 2 is 1.82 bits per heavy atom.